The van der Waals surface area contributed by atoms with Gasteiger partial charge in [0.05, 0.1) is 19.8 Å². The molecule has 1 atom stereocenters. The number of carbonyl (C=O) groups is 1. The number of nitrogens with zero attached hydrogens (tertiary/aromatic N) is 7. The molecule has 1 amide bonds. The summed E-state index contributed by atoms with van der Waals surface area (Å²) in [5.74, 6) is 0.971. The fourth-order valence-electron chi connectivity index (χ4n) is 4.96. The SMILES string of the molecule is O=C(Cn1nnnc1CN1CCCCCC1)N1CCCCC1CCN1CCOCC1. The monoisotopic (exact) mass is 419 g/mol. The minimum absolute atomic E-state index is 0.158. The molecule has 9 nitrogen and oxygen atoms in total. The summed E-state index contributed by atoms with van der Waals surface area (Å²) in [7, 11) is 0. The Balaban J connectivity index is 1.32. The van der Waals surface area contributed by atoms with Crippen LogP contribution in [0.5, 0.6) is 0 Å². The van der Waals surface area contributed by atoms with Crippen LogP contribution in [0.3, 0.4) is 0 Å². The van der Waals surface area contributed by atoms with Crippen LogP contribution in [0, 0.1) is 0 Å². The molecule has 0 saturated carbocycles. The highest BCUT2D eigenvalue weighted by atomic mass is 16.5. The molecule has 4 rings (SSSR count). The van der Waals surface area contributed by atoms with Gasteiger partial charge in [-0.2, -0.15) is 0 Å². The fraction of sp³-hybridized carbons (Fsp3) is 0.905. The van der Waals surface area contributed by atoms with Crippen LogP contribution < -0.4 is 0 Å². The van der Waals surface area contributed by atoms with E-state index in [9.17, 15) is 4.79 Å². The Morgan fingerprint density at radius 1 is 0.933 bits per heavy atom. The van der Waals surface area contributed by atoms with E-state index in [1.165, 1.54) is 32.1 Å². The van der Waals surface area contributed by atoms with Crippen LogP contribution in [0.25, 0.3) is 0 Å². The van der Waals surface area contributed by atoms with E-state index in [1.807, 2.05) is 0 Å². The highest BCUT2D eigenvalue weighted by Crippen LogP contribution is 2.21. The van der Waals surface area contributed by atoms with Gasteiger partial charge in [0.25, 0.3) is 0 Å². The number of piperidine rings is 1. The molecule has 0 radical (unpaired) electrons. The molecule has 3 saturated heterocycles. The largest absolute Gasteiger partial charge is 0.379 e. The Kier molecular flexibility index (Phi) is 8.05. The summed E-state index contributed by atoms with van der Waals surface area (Å²) in [5, 5.41) is 12.2. The molecule has 1 unspecified atom stereocenters. The van der Waals surface area contributed by atoms with Gasteiger partial charge in [-0.3, -0.25) is 14.6 Å². The number of tetrazole rings is 1. The molecule has 168 valence electrons. The molecule has 4 heterocycles. The second-order valence-electron chi connectivity index (χ2n) is 8.92. The summed E-state index contributed by atoms with van der Waals surface area (Å²) in [5.41, 5.74) is 0. The number of amides is 1. The van der Waals surface area contributed by atoms with Gasteiger partial charge in [0.15, 0.2) is 5.82 Å². The molecule has 0 aliphatic carbocycles. The number of likely N-dealkylation sites (tertiary alicyclic amines) is 2. The minimum Gasteiger partial charge on any atom is -0.379 e. The zero-order valence-electron chi connectivity index (χ0n) is 18.3. The van der Waals surface area contributed by atoms with Gasteiger partial charge in [0.2, 0.25) is 5.91 Å². The van der Waals surface area contributed by atoms with Crippen LogP contribution in [-0.2, 0) is 22.6 Å². The summed E-state index contributed by atoms with van der Waals surface area (Å²) in [6, 6.07) is 0.333. The number of morpholine rings is 1. The van der Waals surface area contributed by atoms with E-state index in [4.69, 9.17) is 4.74 Å². The average Bonchev–Trinajstić information content (AvgIpc) is 3.04. The molecule has 0 bridgehead atoms. The lowest BCUT2D eigenvalue weighted by Crippen LogP contribution is -2.47. The van der Waals surface area contributed by atoms with Crippen molar-refractivity contribution in [1.29, 1.82) is 0 Å². The number of aromatic nitrogens is 4. The first-order chi connectivity index (χ1) is 14.8. The molecule has 0 spiro atoms. The summed E-state index contributed by atoms with van der Waals surface area (Å²) >= 11 is 0. The second kappa shape index (κ2) is 11.2. The molecule has 1 aromatic heterocycles. The number of ether oxygens (including phenoxy) is 1. The van der Waals surface area contributed by atoms with E-state index in [2.05, 4.69) is 30.2 Å². The Morgan fingerprint density at radius 2 is 1.70 bits per heavy atom. The normalized spacial score (nSPS) is 24.7. The smallest absolute Gasteiger partial charge is 0.244 e. The molecule has 30 heavy (non-hydrogen) atoms. The Labute approximate surface area is 179 Å². The molecular weight excluding hydrogens is 382 g/mol. The van der Waals surface area contributed by atoms with Crippen LogP contribution in [0.15, 0.2) is 0 Å². The molecule has 3 aliphatic heterocycles. The fourth-order valence-corrected chi connectivity index (χ4v) is 4.96. The van der Waals surface area contributed by atoms with E-state index in [1.54, 1.807) is 4.68 Å². The van der Waals surface area contributed by atoms with Gasteiger partial charge in [0, 0.05) is 32.2 Å². The van der Waals surface area contributed by atoms with Crippen LogP contribution >= 0.6 is 0 Å². The molecule has 3 aliphatic rings. The zero-order valence-corrected chi connectivity index (χ0v) is 18.3. The van der Waals surface area contributed by atoms with Crippen LogP contribution in [0.1, 0.15) is 57.2 Å². The van der Waals surface area contributed by atoms with Crippen molar-refractivity contribution in [2.24, 2.45) is 0 Å². The summed E-state index contributed by atoms with van der Waals surface area (Å²) in [4.78, 5) is 20.2. The van der Waals surface area contributed by atoms with E-state index in [0.717, 1.165) is 84.1 Å². The Morgan fingerprint density at radius 3 is 2.50 bits per heavy atom. The summed E-state index contributed by atoms with van der Waals surface area (Å²) in [6.45, 7) is 8.74. The zero-order chi connectivity index (χ0) is 20.6. The lowest BCUT2D eigenvalue weighted by atomic mass is 9.99. The Hall–Kier alpha value is -1.58. The first-order valence-corrected chi connectivity index (χ1v) is 11.9. The molecule has 3 fully saturated rings. The molecule has 0 aromatic carbocycles. The maximum Gasteiger partial charge on any atom is 0.244 e. The quantitative estimate of drug-likeness (QED) is 0.656. The topological polar surface area (TPSA) is 79.6 Å². The summed E-state index contributed by atoms with van der Waals surface area (Å²) in [6.07, 6.45) is 9.53. The first-order valence-electron chi connectivity index (χ1n) is 11.9. The molecule has 1 aromatic rings. The lowest BCUT2D eigenvalue weighted by molar-refractivity contribution is -0.136. The predicted octanol–water partition coefficient (Wildman–Crippen LogP) is 1.15. The number of rotatable bonds is 7. The van der Waals surface area contributed by atoms with Crippen molar-refractivity contribution in [1.82, 2.24) is 34.9 Å². The van der Waals surface area contributed by atoms with E-state index >= 15 is 0 Å². The van der Waals surface area contributed by atoms with Crippen LogP contribution in [0.2, 0.25) is 0 Å². The highest BCUT2D eigenvalue weighted by molar-refractivity contribution is 5.76. The second-order valence-corrected chi connectivity index (χ2v) is 8.92. The van der Waals surface area contributed by atoms with Crippen LogP contribution in [-0.4, -0.2) is 99.3 Å². The third kappa shape index (κ3) is 5.98. The number of carbonyl (C=O) groups excluding carboxylic acids is 1. The van der Waals surface area contributed by atoms with E-state index in [-0.39, 0.29) is 12.5 Å². The van der Waals surface area contributed by atoms with Gasteiger partial charge in [-0.15, -0.1) is 5.10 Å². The maximum atomic E-state index is 13.2. The standard InChI is InChI=1S/C21H37N7O2/c29-21(18-28-20(22-23-24-28)17-26-9-4-1-2-5-10-26)27-11-6-3-7-19(27)8-12-25-13-15-30-16-14-25/h19H,1-18H2. The third-order valence-corrected chi connectivity index (χ3v) is 6.78. The number of hydrogen-bond acceptors (Lipinski definition) is 7. The minimum atomic E-state index is 0.158. The average molecular weight is 420 g/mol. The van der Waals surface area contributed by atoms with E-state index < -0.39 is 0 Å². The van der Waals surface area contributed by atoms with Crippen molar-refractivity contribution in [3.8, 4) is 0 Å². The van der Waals surface area contributed by atoms with Crippen molar-refractivity contribution in [3.05, 3.63) is 5.82 Å². The van der Waals surface area contributed by atoms with Crippen molar-refractivity contribution in [2.75, 3.05) is 52.5 Å². The van der Waals surface area contributed by atoms with Gasteiger partial charge >= 0.3 is 0 Å². The van der Waals surface area contributed by atoms with Crippen molar-refractivity contribution in [3.63, 3.8) is 0 Å². The van der Waals surface area contributed by atoms with Gasteiger partial charge < -0.3 is 9.64 Å². The van der Waals surface area contributed by atoms with Crippen LogP contribution in [0.4, 0.5) is 0 Å². The third-order valence-electron chi connectivity index (χ3n) is 6.78. The summed E-state index contributed by atoms with van der Waals surface area (Å²) < 4.78 is 7.17. The van der Waals surface area contributed by atoms with Gasteiger partial charge in [-0.05, 0) is 62.0 Å². The lowest BCUT2D eigenvalue weighted by Gasteiger charge is -2.37. The van der Waals surface area contributed by atoms with Crippen molar-refractivity contribution < 1.29 is 9.53 Å². The molecular formula is C21H37N7O2. The van der Waals surface area contributed by atoms with Crippen molar-refractivity contribution >= 4 is 5.91 Å². The van der Waals surface area contributed by atoms with Gasteiger partial charge in [-0.25, -0.2) is 4.68 Å². The predicted molar refractivity (Wildman–Crippen MR) is 113 cm³/mol. The van der Waals surface area contributed by atoms with Gasteiger partial charge in [-0.1, -0.05) is 12.8 Å². The van der Waals surface area contributed by atoms with E-state index in [0.29, 0.717) is 6.04 Å². The molecule has 0 N–H and O–H groups in total. The first kappa shape index (κ1) is 21.6. The Bertz CT molecular complexity index is 654. The maximum absolute atomic E-state index is 13.2. The molecule has 9 heteroatoms. The number of hydrogen-bond donors (Lipinski definition) is 0. The van der Waals surface area contributed by atoms with Gasteiger partial charge in [0.1, 0.15) is 6.54 Å². The highest BCUT2D eigenvalue weighted by Gasteiger charge is 2.28. The van der Waals surface area contributed by atoms with Crippen molar-refractivity contribution in [2.45, 2.75) is 70.5 Å².